The molecule has 0 amide bonds. The second-order valence-corrected chi connectivity index (χ2v) is 3.22. The van der Waals surface area contributed by atoms with Crippen molar-refractivity contribution in [3.05, 3.63) is 23.8 Å². The second kappa shape index (κ2) is 4.26. The van der Waals surface area contributed by atoms with Crippen LogP contribution in [0.2, 0.25) is 0 Å². The van der Waals surface area contributed by atoms with Crippen molar-refractivity contribution in [2.75, 3.05) is 19.0 Å². The molecule has 14 heavy (non-hydrogen) atoms. The molecule has 0 aromatic heterocycles. The third-order valence-electron chi connectivity index (χ3n) is 1.90. The molecule has 0 aliphatic heterocycles. The Morgan fingerprint density at radius 1 is 1.29 bits per heavy atom. The van der Waals surface area contributed by atoms with Gasteiger partial charge in [0.2, 0.25) is 0 Å². The third-order valence-corrected chi connectivity index (χ3v) is 1.90. The summed E-state index contributed by atoms with van der Waals surface area (Å²) >= 11 is 0. The van der Waals surface area contributed by atoms with Gasteiger partial charge in [-0.3, -0.25) is 0 Å². The molecular weight excluding hydrogens is 188 g/mol. The molecule has 0 saturated carbocycles. The summed E-state index contributed by atoms with van der Waals surface area (Å²) in [6.07, 6.45) is 0. The van der Waals surface area contributed by atoms with E-state index in [9.17, 15) is 8.78 Å². The van der Waals surface area contributed by atoms with Gasteiger partial charge in [0, 0.05) is 25.8 Å². The van der Waals surface area contributed by atoms with E-state index in [0.29, 0.717) is 5.56 Å². The summed E-state index contributed by atoms with van der Waals surface area (Å²) in [5.41, 5.74) is 1.54. The van der Waals surface area contributed by atoms with E-state index >= 15 is 0 Å². The lowest BCUT2D eigenvalue weighted by atomic mass is 10.2. The van der Waals surface area contributed by atoms with Crippen molar-refractivity contribution in [2.24, 2.45) is 0 Å². The van der Waals surface area contributed by atoms with E-state index in [1.165, 1.54) is 0 Å². The molecule has 1 aromatic rings. The van der Waals surface area contributed by atoms with Gasteiger partial charge in [0.25, 0.3) is 0 Å². The fraction of sp³-hybridized carbons (Fsp3) is 0.400. The van der Waals surface area contributed by atoms with Crippen molar-refractivity contribution >= 4 is 5.69 Å². The SMILES string of the molecule is Cc1ccc(N(C)C)cc1OC(F)F. The predicted octanol–water partition coefficient (Wildman–Crippen LogP) is 2.66. The summed E-state index contributed by atoms with van der Waals surface area (Å²) in [6.45, 7) is -1.04. The fourth-order valence-corrected chi connectivity index (χ4v) is 1.09. The van der Waals surface area contributed by atoms with Crippen molar-refractivity contribution in [3.63, 3.8) is 0 Å². The van der Waals surface area contributed by atoms with Crippen molar-refractivity contribution < 1.29 is 13.5 Å². The van der Waals surface area contributed by atoms with E-state index in [2.05, 4.69) is 4.74 Å². The van der Waals surface area contributed by atoms with Crippen LogP contribution in [0.25, 0.3) is 0 Å². The van der Waals surface area contributed by atoms with Crippen LogP contribution < -0.4 is 9.64 Å². The first-order valence-corrected chi connectivity index (χ1v) is 4.23. The molecular formula is C10H13F2NO. The van der Waals surface area contributed by atoms with Crippen molar-refractivity contribution in [1.29, 1.82) is 0 Å². The first-order valence-electron chi connectivity index (χ1n) is 4.23. The molecule has 0 saturated heterocycles. The number of halogens is 2. The highest BCUT2D eigenvalue weighted by Crippen LogP contribution is 2.25. The van der Waals surface area contributed by atoms with Crippen molar-refractivity contribution in [2.45, 2.75) is 13.5 Å². The number of anilines is 1. The highest BCUT2D eigenvalue weighted by atomic mass is 19.3. The van der Waals surface area contributed by atoms with E-state index < -0.39 is 6.61 Å². The highest BCUT2D eigenvalue weighted by molar-refractivity contribution is 5.52. The van der Waals surface area contributed by atoms with Crippen molar-refractivity contribution in [3.8, 4) is 5.75 Å². The Kier molecular flexibility index (Phi) is 3.28. The number of nitrogens with zero attached hydrogens (tertiary/aromatic N) is 1. The monoisotopic (exact) mass is 201 g/mol. The van der Waals surface area contributed by atoms with E-state index in [-0.39, 0.29) is 5.75 Å². The highest BCUT2D eigenvalue weighted by Gasteiger charge is 2.08. The Balaban J connectivity index is 2.96. The molecule has 0 aliphatic rings. The average Bonchev–Trinajstić information content (AvgIpc) is 2.07. The number of ether oxygens (including phenoxy) is 1. The number of hydrogen-bond donors (Lipinski definition) is 0. The summed E-state index contributed by atoms with van der Waals surface area (Å²) in [5, 5.41) is 0. The first-order chi connectivity index (χ1) is 6.50. The van der Waals surface area contributed by atoms with Crippen LogP contribution in [0.5, 0.6) is 5.75 Å². The summed E-state index contributed by atoms with van der Waals surface area (Å²) in [6, 6.07) is 5.21. The Bertz CT molecular complexity index is 313. The maximum absolute atomic E-state index is 12.0. The number of alkyl halides is 2. The Labute approximate surface area is 82.1 Å². The zero-order valence-corrected chi connectivity index (χ0v) is 8.42. The fourth-order valence-electron chi connectivity index (χ4n) is 1.09. The van der Waals surface area contributed by atoms with Gasteiger partial charge < -0.3 is 9.64 Å². The minimum Gasteiger partial charge on any atom is -0.434 e. The molecule has 0 spiro atoms. The van der Waals surface area contributed by atoms with Crippen LogP contribution in [0, 0.1) is 6.92 Å². The average molecular weight is 201 g/mol. The molecule has 0 aliphatic carbocycles. The Hall–Kier alpha value is -1.32. The van der Waals surface area contributed by atoms with Gasteiger partial charge in [0.05, 0.1) is 0 Å². The molecule has 0 atom stereocenters. The molecule has 2 nitrogen and oxygen atoms in total. The summed E-state index contributed by atoms with van der Waals surface area (Å²) in [4.78, 5) is 1.83. The lowest BCUT2D eigenvalue weighted by molar-refractivity contribution is -0.0502. The number of hydrogen-bond acceptors (Lipinski definition) is 2. The topological polar surface area (TPSA) is 12.5 Å². The summed E-state index contributed by atoms with van der Waals surface area (Å²) in [7, 11) is 3.69. The maximum Gasteiger partial charge on any atom is 0.387 e. The van der Waals surface area contributed by atoms with Crippen LogP contribution in [-0.2, 0) is 0 Å². The minimum absolute atomic E-state index is 0.228. The van der Waals surface area contributed by atoms with Gasteiger partial charge in [-0.05, 0) is 18.6 Å². The minimum atomic E-state index is -2.77. The van der Waals surface area contributed by atoms with Crippen LogP contribution in [0.3, 0.4) is 0 Å². The normalized spacial score (nSPS) is 10.4. The second-order valence-electron chi connectivity index (χ2n) is 3.22. The summed E-state index contributed by atoms with van der Waals surface area (Å²) < 4.78 is 28.4. The summed E-state index contributed by atoms with van der Waals surface area (Å²) in [5.74, 6) is 0.228. The molecule has 4 heteroatoms. The predicted molar refractivity (Wildman–Crippen MR) is 52.1 cm³/mol. The first kappa shape index (κ1) is 10.8. The molecule has 0 radical (unpaired) electrons. The van der Waals surface area contributed by atoms with Crippen LogP contribution >= 0.6 is 0 Å². The third kappa shape index (κ3) is 2.58. The molecule has 0 bridgehead atoms. The van der Waals surface area contributed by atoms with Gasteiger partial charge in [-0.25, -0.2) is 0 Å². The molecule has 0 fully saturated rings. The molecule has 1 aromatic carbocycles. The zero-order chi connectivity index (χ0) is 10.7. The van der Waals surface area contributed by atoms with E-state index in [1.54, 1.807) is 19.1 Å². The zero-order valence-electron chi connectivity index (χ0n) is 8.42. The van der Waals surface area contributed by atoms with Gasteiger partial charge in [0.15, 0.2) is 0 Å². The van der Waals surface area contributed by atoms with Gasteiger partial charge >= 0.3 is 6.61 Å². The van der Waals surface area contributed by atoms with Crippen LogP contribution in [0.4, 0.5) is 14.5 Å². The van der Waals surface area contributed by atoms with Crippen LogP contribution in [0.1, 0.15) is 5.56 Å². The van der Waals surface area contributed by atoms with Crippen LogP contribution in [0.15, 0.2) is 18.2 Å². The maximum atomic E-state index is 12.0. The quantitative estimate of drug-likeness (QED) is 0.745. The van der Waals surface area contributed by atoms with Gasteiger partial charge in [0.1, 0.15) is 5.75 Å². The Morgan fingerprint density at radius 2 is 1.93 bits per heavy atom. The molecule has 1 rings (SSSR count). The smallest absolute Gasteiger partial charge is 0.387 e. The van der Waals surface area contributed by atoms with Crippen molar-refractivity contribution in [1.82, 2.24) is 0 Å². The Morgan fingerprint density at radius 3 is 2.43 bits per heavy atom. The van der Waals surface area contributed by atoms with E-state index in [0.717, 1.165) is 5.69 Å². The largest absolute Gasteiger partial charge is 0.434 e. The number of rotatable bonds is 3. The number of benzene rings is 1. The standard InChI is InChI=1S/C10H13F2NO/c1-7-4-5-8(13(2)3)6-9(7)14-10(11)12/h4-6,10H,1-3H3. The van der Waals surface area contributed by atoms with E-state index in [4.69, 9.17) is 0 Å². The van der Waals surface area contributed by atoms with Gasteiger partial charge in [-0.1, -0.05) is 6.07 Å². The molecule has 0 unspecified atom stereocenters. The van der Waals surface area contributed by atoms with Gasteiger partial charge in [-0.15, -0.1) is 0 Å². The van der Waals surface area contributed by atoms with Crippen LogP contribution in [-0.4, -0.2) is 20.7 Å². The molecule has 0 N–H and O–H groups in total. The lowest BCUT2D eigenvalue weighted by Gasteiger charge is -2.15. The molecule has 78 valence electrons. The lowest BCUT2D eigenvalue weighted by Crippen LogP contribution is -2.10. The number of aryl methyl sites for hydroxylation is 1. The molecule has 0 heterocycles. The van der Waals surface area contributed by atoms with Gasteiger partial charge in [-0.2, -0.15) is 8.78 Å². The van der Waals surface area contributed by atoms with E-state index in [1.807, 2.05) is 25.1 Å².